The maximum absolute atomic E-state index is 13.6. The van der Waals surface area contributed by atoms with Crippen molar-refractivity contribution in [2.45, 2.75) is 52.1 Å². The number of benzene rings is 1. The number of rotatable bonds is 3. The Morgan fingerprint density at radius 1 is 1.24 bits per heavy atom. The molecule has 1 aliphatic rings. The first-order valence-electron chi connectivity index (χ1n) is 8.70. The van der Waals surface area contributed by atoms with Gasteiger partial charge in [-0.25, -0.2) is 9.18 Å². The molecule has 1 aromatic carbocycles. The van der Waals surface area contributed by atoms with E-state index in [0.717, 1.165) is 5.56 Å². The molecular weight excluding hydrogens is 321 g/mol. The van der Waals surface area contributed by atoms with Crippen LogP contribution in [0.2, 0.25) is 0 Å². The molecule has 2 rings (SSSR count). The highest BCUT2D eigenvalue weighted by Gasteiger charge is 2.41. The monoisotopic (exact) mass is 349 g/mol. The Hall–Kier alpha value is -2.11. The zero-order chi connectivity index (χ0) is 18.8. The zero-order valence-corrected chi connectivity index (χ0v) is 15.6. The van der Waals surface area contributed by atoms with Gasteiger partial charge in [0.2, 0.25) is 5.91 Å². The van der Waals surface area contributed by atoms with Crippen molar-refractivity contribution in [3.63, 3.8) is 0 Å². The number of hydrogen-bond acceptors (Lipinski definition) is 2. The summed E-state index contributed by atoms with van der Waals surface area (Å²) in [7, 11) is 0. The van der Waals surface area contributed by atoms with Crippen LogP contribution in [0.25, 0.3) is 0 Å². The molecule has 25 heavy (non-hydrogen) atoms. The maximum atomic E-state index is 13.6. The Balaban J connectivity index is 2.24. The lowest BCUT2D eigenvalue weighted by Gasteiger charge is -2.25. The zero-order valence-electron chi connectivity index (χ0n) is 15.6. The van der Waals surface area contributed by atoms with Crippen molar-refractivity contribution >= 4 is 11.9 Å². The average Bonchev–Trinajstić information content (AvgIpc) is 2.90. The quantitative estimate of drug-likeness (QED) is 0.881. The Bertz CT molecular complexity index is 640. The molecule has 1 heterocycles. The average molecular weight is 349 g/mol. The fourth-order valence-corrected chi connectivity index (χ4v) is 3.10. The Labute approximate surface area is 149 Å². The summed E-state index contributed by atoms with van der Waals surface area (Å²) in [5, 5.41) is 5.84. The molecule has 138 valence electrons. The van der Waals surface area contributed by atoms with Crippen LogP contribution in [0.15, 0.2) is 24.3 Å². The third-order valence-electron chi connectivity index (χ3n) is 4.13. The van der Waals surface area contributed by atoms with E-state index in [4.69, 9.17) is 0 Å². The van der Waals surface area contributed by atoms with Crippen LogP contribution in [-0.2, 0) is 4.79 Å². The minimum Gasteiger partial charge on any atom is -0.354 e. The van der Waals surface area contributed by atoms with Crippen molar-refractivity contribution in [1.29, 1.82) is 0 Å². The second-order valence-electron chi connectivity index (χ2n) is 8.02. The van der Waals surface area contributed by atoms with Gasteiger partial charge in [-0.05, 0) is 52.3 Å². The molecule has 6 heteroatoms. The van der Waals surface area contributed by atoms with Crippen LogP contribution in [0.1, 0.15) is 46.1 Å². The van der Waals surface area contributed by atoms with Crippen LogP contribution in [-0.4, -0.2) is 41.5 Å². The summed E-state index contributed by atoms with van der Waals surface area (Å²) in [6.45, 7) is 10.2. The van der Waals surface area contributed by atoms with Crippen LogP contribution in [0.5, 0.6) is 0 Å². The van der Waals surface area contributed by atoms with Crippen molar-refractivity contribution in [1.82, 2.24) is 15.5 Å². The number of amides is 3. The highest BCUT2D eigenvalue weighted by Crippen LogP contribution is 2.33. The first-order chi connectivity index (χ1) is 11.6. The summed E-state index contributed by atoms with van der Waals surface area (Å²) in [6, 6.07) is 6.10. The SMILES string of the molecule is CC(C)NC(=O)[C@H]1CN(C(=O)NC(C)(C)C)C[C@H]1c1cccc(F)c1. The summed E-state index contributed by atoms with van der Waals surface area (Å²) in [4.78, 5) is 26.8. The smallest absolute Gasteiger partial charge is 0.317 e. The summed E-state index contributed by atoms with van der Waals surface area (Å²) >= 11 is 0. The second-order valence-corrected chi connectivity index (χ2v) is 8.02. The number of hydrogen-bond donors (Lipinski definition) is 2. The largest absolute Gasteiger partial charge is 0.354 e. The Morgan fingerprint density at radius 3 is 2.48 bits per heavy atom. The number of nitrogens with one attached hydrogen (secondary N) is 2. The van der Waals surface area contributed by atoms with E-state index in [1.54, 1.807) is 11.0 Å². The van der Waals surface area contributed by atoms with Crippen LogP contribution in [0.3, 0.4) is 0 Å². The van der Waals surface area contributed by atoms with Gasteiger partial charge >= 0.3 is 6.03 Å². The molecule has 0 aromatic heterocycles. The number of urea groups is 1. The number of nitrogens with zero attached hydrogens (tertiary/aromatic N) is 1. The number of halogens is 1. The fourth-order valence-electron chi connectivity index (χ4n) is 3.10. The number of carbonyl (C=O) groups is 2. The van der Waals surface area contributed by atoms with E-state index >= 15 is 0 Å². The molecule has 1 saturated heterocycles. The molecule has 0 spiro atoms. The van der Waals surface area contributed by atoms with E-state index in [-0.39, 0.29) is 35.3 Å². The minimum absolute atomic E-state index is 0.0121. The summed E-state index contributed by atoms with van der Waals surface area (Å²) in [6.07, 6.45) is 0. The lowest BCUT2D eigenvalue weighted by Crippen LogP contribution is -2.48. The van der Waals surface area contributed by atoms with Crippen molar-refractivity contribution in [2.24, 2.45) is 5.92 Å². The van der Waals surface area contributed by atoms with Gasteiger partial charge in [-0.15, -0.1) is 0 Å². The molecule has 0 radical (unpaired) electrons. The van der Waals surface area contributed by atoms with Crippen molar-refractivity contribution in [3.05, 3.63) is 35.6 Å². The Kier molecular flexibility index (Phi) is 5.70. The van der Waals surface area contributed by atoms with E-state index in [2.05, 4.69) is 10.6 Å². The van der Waals surface area contributed by atoms with Gasteiger partial charge in [-0.2, -0.15) is 0 Å². The molecule has 2 N–H and O–H groups in total. The van der Waals surface area contributed by atoms with Gasteiger partial charge in [0.25, 0.3) is 0 Å². The van der Waals surface area contributed by atoms with Gasteiger partial charge in [0, 0.05) is 30.6 Å². The first-order valence-corrected chi connectivity index (χ1v) is 8.70. The molecular formula is C19H28FN3O2. The molecule has 0 aliphatic carbocycles. The molecule has 1 fully saturated rings. The normalized spacial score (nSPS) is 20.7. The first kappa shape index (κ1) is 19.2. The lowest BCUT2D eigenvalue weighted by atomic mass is 9.88. The second kappa shape index (κ2) is 7.42. The van der Waals surface area contributed by atoms with Gasteiger partial charge < -0.3 is 15.5 Å². The van der Waals surface area contributed by atoms with Crippen molar-refractivity contribution in [3.8, 4) is 0 Å². The summed E-state index contributed by atoms with van der Waals surface area (Å²) in [5.74, 6) is -1.05. The predicted octanol–water partition coefficient (Wildman–Crippen LogP) is 2.87. The van der Waals surface area contributed by atoms with Crippen LogP contribution < -0.4 is 10.6 Å². The van der Waals surface area contributed by atoms with Crippen LogP contribution >= 0.6 is 0 Å². The van der Waals surface area contributed by atoms with E-state index in [9.17, 15) is 14.0 Å². The van der Waals surface area contributed by atoms with Gasteiger partial charge in [0.1, 0.15) is 5.82 Å². The highest BCUT2D eigenvalue weighted by molar-refractivity contribution is 5.83. The molecule has 0 unspecified atom stereocenters. The van der Waals surface area contributed by atoms with Gasteiger partial charge in [-0.3, -0.25) is 4.79 Å². The molecule has 1 aromatic rings. The molecule has 0 saturated carbocycles. The van der Waals surface area contributed by atoms with Crippen LogP contribution in [0.4, 0.5) is 9.18 Å². The molecule has 3 amide bonds. The van der Waals surface area contributed by atoms with E-state index < -0.39 is 5.92 Å². The molecule has 0 bridgehead atoms. The number of likely N-dealkylation sites (tertiary alicyclic amines) is 1. The lowest BCUT2D eigenvalue weighted by molar-refractivity contribution is -0.125. The van der Waals surface area contributed by atoms with E-state index in [1.807, 2.05) is 40.7 Å². The summed E-state index contributed by atoms with van der Waals surface area (Å²) < 4.78 is 13.6. The molecule has 1 aliphatic heterocycles. The Morgan fingerprint density at radius 2 is 1.92 bits per heavy atom. The molecule has 5 nitrogen and oxygen atoms in total. The van der Waals surface area contributed by atoms with E-state index in [1.165, 1.54) is 12.1 Å². The third kappa shape index (κ3) is 5.18. The standard InChI is InChI=1S/C19H28FN3O2/c1-12(2)21-17(24)16-11-23(18(25)22-19(3,4)5)10-15(16)13-7-6-8-14(20)9-13/h6-9,12,15-16H,10-11H2,1-5H3,(H,21,24)(H,22,25)/t15-,16-/m0/s1. The highest BCUT2D eigenvalue weighted by atomic mass is 19.1. The predicted molar refractivity (Wildman–Crippen MR) is 95.8 cm³/mol. The maximum Gasteiger partial charge on any atom is 0.317 e. The van der Waals surface area contributed by atoms with Crippen molar-refractivity contribution in [2.75, 3.05) is 13.1 Å². The summed E-state index contributed by atoms with van der Waals surface area (Å²) in [5.41, 5.74) is 0.388. The number of carbonyl (C=O) groups excluding carboxylic acids is 2. The van der Waals surface area contributed by atoms with Gasteiger partial charge in [0.05, 0.1) is 5.92 Å². The topological polar surface area (TPSA) is 61.4 Å². The minimum atomic E-state index is -0.394. The molecule has 2 atom stereocenters. The van der Waals surface area contributed by atoms with Gasteiger partial charge in [0.15, 0.2) is 0 Å². The third-order valence-corrected chi connectivity index (χ3v) is 4.13. The fraction of sp³-hybridized carbons (Fsp3) is 0.579. The van der Waals surface area contributed by atoms with Crippen LogP contribution in [0, 0.1) is 11.7 Å². The van der Waals surface area contributed by atoms with Gasteiger partial charge in [-0.1, -0.05) is 12.1 Å². The van der Waals surface area contributed by atoms with E-state index in [0.29, 0.717) is 13.1 Å². The van der Waals surface area contributed by atoms with Crippen molar-refractivity contribution < 1.29 is 14.0 Å².